The Hall–Kier alpha value is -5.97. The van der Waals surface area contributed by atoms with Crippen LogP contribution in [0.25, 0.3) is 97.4 Å². The largest absolute Gasteiger partial charge is 0.208 e. The first kappa shape index (κ1) is 26.3. The van der Waals surface area contributed by atoms with Crippen LogP contribution in [0.2, 0.25) is 0 Å². The van der Waals surface area contributed by atoms with E-state index in [1.165, 1.54) is 52.5 Å². The zero-order chi connectivity index (χ0) is 30.9. The number of hydrogen-bond acceptors (Lipinski definition) is 4. The van der Waals surface area contributed by atoms with E-state index in [1.807, 2.05) is 29.5 Å². The quantitative estimate of drug-likeness (QED) is 0.186. The molecule has 8 aromatic carbocycles. The van der Waals surface area contributed by atoms with E-state index in [2.05, 4.69) is 133 Å². The summed E-state index contributed by atoms with van der Waals surface area (Å²) in [6, 6.07) is 53.8. The van der Waals surface area contributed by atoms with Crippen molar-refractivity contribution < 1.29 is 0 Å². The first-order valence-electron chi connectivity index (χ1n) is 15.8. The third-order valence-electron chi connectivity index (χ3n) is 9.31. The van der Waals surface area contributed by atoms with E-state index in [9.17, 15) is 0 Å². The van der Waals surface area contributed by atoms with Crippen LogP contribution in [0, 0.1) is 0 Å². The summed E-state index contributed by atoms with van der Waals surface area (Å²) in [5.41, 5.74) is 2.94. The molecule has 0 bridgehead atoms. The number of fused-ring (bicyclic) bond motifs is 9. The van der Waals surface area contributed by atoms with Gasteiger partial charge in [-0.1, -0.05) is 133 Å². The van der Waals surface area contributed by atoms with Crippen molar-refractivity contribution in [2.45, 2.75) is 0 Å². The molecule has 0 atom stereocenters. The Morgan fingerprint density at radius 2 is 0.915 bits per heavy atom. The standard InChI is InChI=1S/C43H25N3S/c1-2-11-27(12-3-1)41-44-42(35-17-8-15-30-29-13-5-4-10-26(29)20-22-32(30)35)46-43(45-41)36-18-9-16-31-33(36)23-21-28-24-38-34-14-6-7-19-39(34)47-40(38)25-37(28)31/h1-25H. The molecule has 0 aliphatic heterocycles. The van der Waals surface area contributed by atoms with Gasteiger partial charge in [-0.25, -0.2) is 15.0 Å². The topological polar surface area (TPSA) is 38.7 Å². The molecule has 0 saturated heterocycles. The van der Waals surface area contributed by atoms with Gasteiger partial charge < -0.3 is 0 Å². The number of aromatic nitrogens is 3. The van der Waals surface area contributed by atoms with Gasteiger partial charge in [-0.15, -0.1) is 11.3 Å². The maximum absolute atomic E-state index is 5.22. The maximum Gasteiger partial charge on any atom is 0.164 e. The summed E-state index contributed by atoms with van der Waals surface area (Å²) in [7, 11) is 0. The maximum atomic E-state index is 5.22. The Labute approximate surface area is 274 Å². The molecule has 218 valence electrons. The van der Waals surface area contributed by atoms with Gasteiger partial charge in [0.1, 0.15) is 0 Å². The molecule has 0 aliphatic rings. The first-order chi connectivity index (χ1) is 23.3. The summed E-state index contributed by atoms with van der Waals surface area (Å²) in [5, 5.41) is 12.2. The van der Waals surface area contributed by atoms with Crippen LogP contribution >= 0.6 is 11.3 Å². The summed E-state index contributed by atoms with van der Waals surface area (Å²) in [5.74, 6) is 1.99. The Morgan fingerprint density at radius 1 is 0.319 bits per heavy atom. The predicted molar refractivity (Wildman–Crippen MR) is 199 cm³/mol. The zero-order valence-corrected chi connectivity index (χ0v) is 26.0. The predicted octanol–water partition coefficient (Wildman–Crippen LogP) is 11.9. The average molecular weight is 616 g/mol. The minimum atomic E-state index is 0.660. The van der Waals surface area contributed by atoms with Gasteiger partial charge >= 0.3 is 0 Å². The van der Waals surface area contributed by atoms with E-state index in [-0.39, 0.29) is 0 Å². The number of nitrogens with zero attached hydrogens (tertiary/aromatic N) is 3. The lowest BCUT2D eigenvalue weighted by Gasteiger charge is -2.13. The normalized spacial score (nSPS) is 11.8. The molecule has 2 heterocycles. The second kappa shape index (κ2) is 10.3. The Balaban J connectivity index is 1.23. The molecule has 2 aromatic heterocycles. The summed E-state index contributed by atoms with van der Waals surface area (Å²) in [4.78, 5) is 15.4. The second-order valence-electron chi connectivity index (χ2n) is 12.0. The van der Waals surface area contributed by atoms with Crippen LogP contribution < -0.4 is 0 Å². The van der Waals surface area contributed by atoms with Gasteiger partial charge in [0.05, 0.1) is 0 Å². The minimum absolute atomic E-state index is 0.660. The Kier molecular flexibility index (Phi) is 5.74. The fourth-order valence-corrected chi connectivity index (χ4v) is 8.20. The molecule has 10 rings (SSSR count). The van der Waals surface area contributed by atoms with Crippen LogP contribution in [0.4, 0.5) is 0 Å². The molecular weight excluding hydrogens is 591 g/mol. The monoisotopic (exact) mass is 615 g/mol. The third-order valence-corrected chi connectivity index (χ3v) is 10.4. The third kappa shape index (κ3) is 4.16. The molecule has 0 radical (unpaired) electrons. The molecule has 3 nitrogen and oxygen atoms in total. The van der Waals surface area contributed by atoms with Crippen LogP contribution in [0.5, 0.6) is 0 Å². The zero-order valence-electron chi connectivity index (χ0n) is 25.2. The van der Waals surface area contributed by atoms with E-state index in [1.54, 1.807) is 0 Å². The Bertz CT molecular complexity index is 2850. The molecule has 0 N–H and O–H groups in total. The molecule has 0 spiro atoms. The lowest BCUT2D eigenvalue weighted by molar-refractivity contribution is 1.08. The lowest BCUT2D eigenvalue weighted by Crippen LogP contribution is -2.01. The molecule has 0 unspecified atom stereocenters. The second-order valence-corrected chi connectivity index (χ2v) is 13.1. The molecule has 0 saturated carbocycles. The van der Waals surface area contributed by atoms with Gasteiger partial charge in [0.2, 0.25) is 0 Å². The number of hydrogen-bond donors (Lipinski definition) is 0. The minimum Gasteiger partial charge on any atom is -0.208 e. The van der Waals surface area contributed by atoms with Gasteiger partial charge in [0.15, 0.2) is 17.5 Å². The van der Waals surface area contributed by atoms with Gasteiger partial charge in [0.25, 0.3) is 0 Å². The van der Waals surface area contributed by atoms with E-state index in [4.69, 9.17) is 15.0 Å². The number of benzene rings is 8. The highest BCUT2D eigenvalue weighted by Gasteiger charge is 2.17. The summed E-state index contributed by atoms with van der Waals surface area (Å²) >= 11 is 1.85. The van der Waals surface area contributed by atoms with Gasteiger partial charge in [-0.2, -0.15) is 0 Å². The molecule has 47 heavy (non-hydrogen) atoms. The van der Waals surface area contributed by atoms with Crippen LogP contribution in [-0.4, -0.2) is 15.0 Å². The van der Waals surface area contributed by atoms with Gasteiger partial charge in [0, 0.05) is 36.9 Å². The lowest BCUT2D eigenvalue weighted by atomic mass is 9.96. The molecule has 10 aromatic rings. The SMILES string of the molecule is c1ccc(-c2nc(-c3cccc4c3ccc3ccccc34)nc(-c3cccc4c3ccc3cc5c(cc34)sc3ccccc35)n2)cc1. The molecule has 0 fully saturated rings. The van der Waals surface area contributed by atoms with Crippen molar-refractivity contribution in [2.24, 2.45) is 0 Å². The van der Waals surface area contributed by atoms with E-state index in [0.29, 0.717) is 17.5 Å². The van der Waals surface area contributed by atoms with E-state index < -0.39 is 0 Å². The van der Waals surface area contributed by atoms with Gasteiger partial charge in [-0.05, 0) is 61.3 Å². The van der Waals surface area contributed by atoms with Crippen molar-refractivity contribution in [1.29, 1.82) is 0 Å². The van der Waals surface area contributed by atoms with Crippen LogP contribution in [-0.2, 0) is 0 Å². The van der Waals surface area contributed by atoms with Crippen molar-refractivity contribution >= 4 is 74.6 Å². The summed E-state index contributed by atoms with van der Waals surface area (Å²) < 4.78 is 2.62. The van der Waals surface area contributed by atoms with Crippen molar-refractivity contribution in [3.8, 4) is 34.2 Å². The van der Waals surface area contributed by atoms with Crippen molar-refractivity contribution in [3.05, 3.63) is 152 Å². The molecular formula is C43H25N3S. The Morgan fingerprint density at radius 3 is 1.68 bits per heavy atom. The van der Waals surface area contributed by atoms with Gasteiger partial charge in [-0.3, -0.25) is 0 Å². The molecule has 0 aliphatic carbocycles. The fraction of sp³-hybridized carbons (Fsp3) is 0. The smallest absolute Gasteiger partial charge is 0.164 e. The average Bonchev–Trinajstić information content (AvgIpc) is 3.51. The highest BCUT2D eigenvalue weighted by atomic mass is 32.1. The number of thiophene rings is 1. The van der Waals surface area contributed by atoms with E-state index in [0.717, 1.165) is 27.5 Å². The van der Waals surface area contributed by atoms with Crippen molar-refractivity contribution in [3.63, 3.8) is 0 Å². The van der Waals surface area contributed by atoms with Crippen LogP contribution in [0.1, 0.15) is 0 Å². The van der Waals surface area contributed by atoms with E-state index >= 15 is 0 Å². The highest BCUT2D eigenvalue weighted by molar-refractivity contribution is 7.25. The fourth-order valence-electron chi connectivity index (χ4n) is 7.08. The van der Waals surface area contributed by atoms with Crippen molar-refractivity contribution in [1.82, 2.24) is 15.0 Å². The van der Waals surface area contributed by atoms with Crippen LogP contribution in [0.15, 0.2) is 152 Å². The first-order valence-corrected chi connectivity index (χ1v) is 16.6. The summed E-state index contributed by atoms with van der Waals surface area (Å²) in [6.45, 7) is 0. The summed E-state index contributed by atoms with van der Waals surface area (Å²) in [6.07, 6.45) is 0. The molecule has 0 amide bonds. The molecule has 4 heteroatoms. The van der Waals surface area contributed by atoms with Crippen LogP contribution in [0.3, 0.4) is 0 Å². The highest BCUT2D eigenvalue weighted by Crippen LogP contribution is 2.40. The number of rotatable bonds is 3. The van der Waals surface area contributed by atoms with Crippen molar-refractivity contribution in [2.75, 3.05) is 0 Å².